The lowest BCUT2D eigenvalue weighted by Crippen LogP contribution is -2.39. The van der Waals surface area contributed by atoms with Gasteiger partial charge in [-0.3, -0.25) is 9.59 Å². The van der Waals surface area contributed by atoms with E-state index in [4.69, 9.17) is 0 Å². The second kappa shape index (κ2) is 6.16. The monoisotopic (exact) mass is 354 g/mol. The topological polar surface area (TPSA) is 83.6 Å². The number of carbonyl (C=O) groups is 2. The maximum atomic E-state index is 12.8. The van der Waals surface area contributed by atoms with Gasteiger partial charge < -0.3 is 10.2 Å². The van der Waals surface area contributed by atoms with Gasteiger partial charge in [0.15, 0.2) is 9.84 Å². The summed E-state index contributed by atoms with van der Waals surface area (Å²) >= 11 is 0. The number of sulfone groups is 1. The number of amides is 2. The fraction of sp³-hybridized carbons (Fsp3) is 0.500. The largest absolute Gasteiger partial charge is 0.341 e. The molecule has 2 fully saturated rings. The molecule has 2 aliphatic rings. The number of halogens is 1. The van der Waals surface area contributed by atoms with Crippen molar-refractivity contribution in [3.05, 3.63) is 30.1 Å². The van der Waals surface area contributed by atoms with E-state index in [1.807, 2.05) is 0 Å². The van der Waals surface area contributed by atoms with Crippen LogP contribution >= 0.6 is 0 Å². The normalized spacial score (nSPS) is 27.5. The van der Waals surface area contributed by atoms with Crippen molar-refractivity contribution in [1.29, 1.82) is 0 Å². The van der Waals surface area contributed by atoms with Gasteiger partial charge in [-0.25, -0.2) is 12.8 Å². The minimum absolute atomic E-state index is 0.00555. The average Bonchev–Trinajstić information content (AvgIpc) is 3.25. The van der Waals surface area contributed by atoms with Gasteiger partial charge in [0.1, 0.15) is 5.82 Å². The summed E-state index contributed by atoms with van der Waals surface area (Å²) in [5.41, 5.74) is 0.481. The summed E-state index contributed by atoms with van der Waals surface area (Å²) in [6.45, 7) is 0. The minimum Gasteiger partial charge on any atom is -0.341 e. The minimum atomic E-state index is -3.06. The van der Waals surface area contributed by atoms with Crippen LogP contribution in [-0.4, -0.2) is 49.7 Å². The van der Waals surface area contributed by atoms with E-state index >= 15 is 0 Å². The zero-order valence-electron chi connectivity index (χ0n) is 13.2. The third kappa shape index (κ3) is 3.58. The van der Waals surface area contributed by atoms with Crippen molar-refractivity contribution in [2.24, 2.45) is 11.8 Å². The van der Waals surface area contributed by atoms with Gasteiger partial charge >= 0.3 is 0 Å². The molecule has 1 aliphatic carbocycles. The maximum absolute atomic E-state index is 12.8. The van der Waals surface area contributed by atoms with Gasteiger partial charge in [0, 0.05) is 18.8 Å². The number of rotatable bonds is 4. The standard InChI is InChI=1S/C16H19FN2O4S/c1-19(12-6-7-24(22,23)9-12)16(21)14-8-13(14)15(20)18-11-4-2-10(17)3-5-11/h2-5,12-14H,6-9H2,1H3,(H,18,20). The second-order valence-electron chi connectivity index (χ2n) is 6.45. The molecule has 2 amide bonds. The quantitative estimate of drug-likeness (QED) is 0.876. The first-order chi connectivity index (χ1) is 11.3. The molecule has 3 atom stereocenters. The molecule has 1 heterocycles. The highest BCUT2D eigenvalue weighted by Crippen LogP contribution is 2.41. The van der Waals surface area contributed by atoms with Crippen LogP contribution in [-0.2, 0) is 19.4 Å². The number of anilines is 1. The van der Waals surface area contributed by atoms with Gasteiger partial charge in [-0.15, -0.1) is 0 Å². The zero-order chi connectivity index (χ0) is 17.5. The lowest BCUT2D eigenvalue weighted by Gasteiger charge is -2.23. The first-order valence-corrected chi connectivity index (χ1v) is 9.62. The van der Waals surface area contributed by atoms with Crippen molar-refractivity contribution in [1.82, 2.24) is 4.90 Å². The molecule has 8 heteroatoms. The molecular weight excluding hydrogens is 335 g/mol. The van der Waals surface area contributed by atoms with Crippen LogP contribution in [0.25, 0.3) is 0 Å². The number of nitrogens with zero attached hydrogens (tertiary/aromatic N) is 1. The third-order valence-electron chi connectivity index (χ3n) is 4.66. The molecule has 0 aromatic heterocycles. The molecule has 24 heavy (non-hydrogen) atoms. The summed E-state index contributed by atoms with van der Waals surface area (Å²) in [5, 5.41) is 2.67. The van der Waals surface area contributed by atoms with E-state index in [0.29, 0.717) is 18.5 Å². The Bertz CT molecular complexity index is 763. The summed E-state index contributed by atoms with van der Waals surface area (Å²) in [7, 11) is -1.46. The molecule has 1 aliphatic heterocycles. The zero-order valence-corrected chi connectivity index (χ0v) is 14.1. The van der Waals surface area contributed by atoms with Gasteiger partial charge in [0.05, 0.1) is 23.3 Å². The first-order valence-electron chi connectivity index (χ1n) is 7.80. The number of nitrogens with one attached hydrogen (secondary N) is 1. The Morgan fingerprint density at radius 2 is 1.88 bits per heavy atom. The van der Waals surface area contributed by atoms with Crippen molar-refractivity contribution in [3.8, 4) is 0 Å². The van der Waals surface area contributed by atoms with E-state index in [-0.39, 0.29) is 35.2 Å². The molecule has 3 unspecified atom stereocenters. The van der Waals surface area contributed by atoms with Crippen molar-refractivity contribution >= 4 is 27.3 Å². The predicted octanol–water partition coefficient (Wildman–Crippen LogP) is 1.05. The van der Waals surface area contributed by atoms with Crippen LogP contribution in [0.2, 0.25) is 0 Å². The highest BCUT2D eigenvalue weighted by molar-refractivity contribution is 7.91. The fourth-order valence-corrected chi connectivity index (χ4v) is 4.82. The van der Waals surface area contributed by atoms with Gasteiger partial charge in [-0.1, -0.05) is 0 Å². The van der Waals surface area contributed by atoms with Crippen molar-refractivity contribution in [2.75, 3.05) is 23.9 Å². The van der Waals surface area contributed by atoms with Crippen LogP contribution < -0.4 is 5.32 Å². The molecule has 1 aromatic carbocycles. The molecule has 1 saturated heterocycles. The van der Waals surface area contributed by atoms with Crippen molar-refractivity contribution < 1.29 is 22.4 Å². The smallest absolute Gasteiger partial charge is 0.228 e. The van der Waals surface area contributed by atoms with Crippen LogP contribution in [0.1, 0.15) is 12.8 Å². The molecule has 1 N–H and O–H groups in total. The molecule has 6 nitrogen and oxygen atoms in total. The molecule has 1 saturated carbocycles. The van der Waals surface area contributed by atoms with Crippen molar-refractivity contribution in [3.63, 3.8) is 0 Å². The Hall–Kier alpha value is -1.96. The summed E-state index contributed by atoms with van der Waals surface area (Å²) < 4.78 is 35.9. The van der Waals surface area contributed by atoms with E-state index in [2.05, 4.69) is 5.32 Å². The number of carbonyl (C=O) groups excluding carboxylic acids is 2. The number of hydrogen-bond acceptors (Lipinski definition) is 4. The van der Waals surface area contributed by atoms with Crippen molar-refractivity contribution in [2.45, 2.75) is 18.9 Å². The molecule has 3 rings (SSSR count). The SMILES string of the molecule is CN(C(=O)C1CC1C(=O)Nc1ccc(F)cc1)C1CCS(=O)(=O)C1. The van der Waals surface area contributed by atoms with Crippen LogP contribution in [0.5, 0.6) is 0 Å². The summed E-state index contributed by atoms with van der Waals surface area (Å²) in [5.74, 6) is -1.56. The maximum Gasteiger partial charge on any atom is 0.228 e. The molecule has 130 valence electrons. The highest BCUT2D eigenvalue weighted by Gasteiger charge is 2.50. The predicted molar refractivity (Wildman–Crippen MR) is 86.5 cm³/mol. The highest BCUT2D eigenvalue weighted by atomic mass is 32.2. The summed E-state index contributed by atoms with van der Waals surface area (Å²) in [6.07, 6.45) is 0.902. The molecule has 0 spiro atoms. The van der Waals surface area contributed by atoms with E-state index < -0.39 is 21.7 Å². The third-order valence-corrected chi connectivity index (χ3v) is 6.41. The Morgan fingerprint density at radius 1 is 1.21 bits per heavy atom. The second-order valence-corrected chi connectivity index (χ2v) is 8.68. The summed E-state index contributed by atoms with van der Waals surface area (Å²) in [6, 6.07) is 5.12. The van der Waals surface area contributed by atoms with Crippen LogP contribution in [0.4, 0.5) is 10.1 Å². The van der Waals surface area contributed by atoms with Gasteiger partial charge in [0.2, 0.25) is 11.8 Å². The van der Waals surface area contributed by atoms with Gasteiger partial charge in [0.25, 0.3) is 0 Å². The molecule has 0 radical (unpaired) electrons. The fourth-order valence-electron chi connectivity index (χ4n) is 3.05. The van der Waals surface area contributed by atoms with E-state index in [1.165, 1.54) is 29.2 Å². The van der Waals surface area contributed by atoms with Crippen LogP contribution in [0.3, 0.4) is 0 Å². The lowest BCUT2D eigenvalue weighted by molar-refractivity contribution is -0.134. The van der Waals surface area contributed by atoms with Crippen LogP contribution in [0.15, 0.2) is 24.3 Å². The van der Waals surface area contributed by atoms with Crippen LogP contribution in [0, 0.1) is 17.7 Å². The Kier molecular flexibility index (Phi) is 4.33. The first kappa shape index (κ1) is 16.9. The summed E-state index contributed by atoms with van der Waals surface area (Å²) in [4.78, 5) is 26.0. The average molecular weight is 354 g/mol. The van der Waals surface area contributed by atoms with E-state index in [1.54, 1.807) is 7.05 Å². The Morgan fingerprint density at radius 3 is 2.46 bits per heavy atom. The van der Waals surface area contributed by atoms with E-state index in [9.17, 15) is 22.4 Å². The number of benzene rings is 1. The Labute approximate surface area is 139 Å². The van der Waals surface area contributed by atoms with E-state index in [0.717, 1.165) is 0 Å². The molecular formula is C16H19FN2O4S. The molecule has 0 bridgehead atoms. The number of hydrogen-bond donors (Lipinski definition) is 1. The molecule has 1 aromatic rings. The van der Waals surface area contributed by atoms with Gasteiger partial charge in [-0.2, -0.15) is 0 Å². The lowest BCUT2D eigenvalue weighted by atomic mass is 10.2. The van der Waals surface area contributed by atoms with Gasteiger partial charge in [-0.05, 0) is 37.1 Å². The Balaban J connectivity index is 1.55.